The van der Waals surface area contributed by atoms with Gasteiger partial charge >= 0.3 is 0 Å². The van der Waals surface area contributed by atoms with Gasteiger partial charge in [-0.15, -0.1) is 0 Å². The lowest BCUT2D eigenvalue weighted by atomic mass is 10.1. The van der Waals surface area contributed by atoms with E-state index < -0.39 is 0 Å². The molecule has 2 N–H and O–H groups in total. The predicted octanol–water partition coefficient (Wildman–Crippen LogP) is 3.32. The molecule has 0 aromatic heterocycles. The highest BCUT2D eigenvalue weighted by Gasteiger charge is 2.12. The van der Waals surface area contributed by atoms with E-state index in [1.54, 1.807) is 0 Å². The highest BCUT2D eigenvalue weighted by atomic mass is 32.2. The zero-order chi connectivity index (χ0) is 11.5. The molecule has 1 nitrogen and oxygen atoms in total. The van der Waals surface area contributed by atoms with Gasteiger partial charge < -0.3 is 5.73 Å². The highest BCUT2D eigenvalue weighted by molar-refractivity contribution is 7.99. The summed E-state index contributed by atoms with van der Waals surface area (Å²) in [5.74, 6) is 0.677. The van der Waals surface area contributed by atoms with Gasteiger partial charge in [-0.25, -0.2) is 4.39 Å². The third kappa shape index (κ3) is 4.22. The number of benzene rings is 1. The molecule has 0 fully saturated rings. The second kappa shape index (κ2) is 4.99. The third-order valence-electron chi connectivity index (χ3n) is 2.05. The molecule has 84 valence electrons. The van der Waals surface area contributed by atoms with Crippen LogP contribution < -0.4 is 5.73 Å². The lowest BCUT2D eigenvalue weighted by molar-refractivity contribution is 0.624. The number of thioether (sulfide) groups is 1. The first-order valence-corrected chi connectivity index (χ1v) is 6.02. The summed E-state index contributed by atoms with van der Waals surface area (Å²) in [5, 5.41) is 0. The van der Waals surface area contributed by atoms with Gasteiger partial charge in [0.25, 0.3) is 0 Å². The van der Waals surface area contributed by atoms with E-state index in [0.29, 0.717) is 6.54 Å². The molecule has 0 heterocycles. The van der Waals surface area contributed by atoms with Crippen molar-refractivity contribution in [2.75, 3.05) is 0 Å². The maximum atomic E-state index is 12.9. The number of nitrogens with two attached hydrogens (primary N) is 1. The Labute approximate surface area is 95.2 Å². The van der Waals surface area contributed by atoms with Gasteiger partial charge in [0.2, 0.25) is 0 Å². The number of hydrogen-bond donors (Lipinski definition) is 1. The molecule has 15 heavy (non-hydrogen) atoms. The van der Waals surface area contributed by atoms with Crippen molar-refractivity contribution in [3.63, 3.8) is 0 Å². The minimum absolute atomic E-state index is 0.208. The van der Waals surface area contributed by atoms with Gasteiger partial charge in [0.05, 0.1) is 0 Å². The minimum atomic E-state index is -0.208. The number of rotatable bonds is 3. The molecule has 1 rings (SSSR count). The van der Waals surface area contributed by atoms with Gasteiger partial charge in [-0.05, 0) is 23.3 Å². The van der Waals surface area contributed by atoms with Crippen LogP contribution in [0, 0.1) is 5.82 Å². The summed E-state index contributed by atoms with van der Waals surface area (Å²) >= 11 is 1.84. The SMILES string of the molecule is CC(C)(C)SCc1ccc(F)cc1CN. The molecule has 0 atom stereocenters. The smallest absolute Gasteiger partial charge is 0.123 e. The Bertz CT molecular complexity index is 331. The summed E-state index contributed by atoms with van der Waals surface area (Å²) in [6, 6.07) is 4.85. The monoisotopic (exact) mass is 227 g/mol. The summed E-state index contributed by atoms with van der Waals surface area (Å²) < 4.78 is 13.2. The molecule has 0 saturated heterocycles. The van der Waals surface area contributed by atoms with Gasteiger partial charge in [-0.1, -0.05) is 26.8 Å². The molecule has 1 aromatic carbocycles. The van der Waals surface area contributed by atoms with Crippen LogP contribution in [0.5, 0.6) is 0 Å². The second-order valence-corrected chi connectivity index (χ2v) is 6.32. The molecular formula is C12H18FNS. The molecule has 0 radical (unpaired) electrons. The molecule has 0 bridgehead atoms. The standard InChI is InChI=1S/C12H18FNS/c1-12(2,3)15-8-9-4-5-11(13)6-10(9)7-14/h4-6H,7-8,14H2,1-3H3. The zero-order valence-electron chi connectivity index (χ0n) is 9.51. The molecule has 3 heteroatoms. The average Bonchev–Trinajstić information content (AvgIpc) is 2.14. The van der Waals surface area contributed by atoms with Crippen LogP contribution in [0.4, 0.5) is 4.39 Å². The van der Waals surface area contributed by atoms with Crippen molar-refractivity contribution in [2.45, 2.75) is 37.8 Å². The fraction of sp³-hybridized carbons (Fsp3) is 0.500. The fourth-order valence-electron chi connectivity index (χ4n) is 1.22. The van der Waals surface area contributed by atoms with E-state index in [2.05, 4.69) is 20.8 Å². The molecular weight excluding hydrogens is 209 g/mol. The van der Waals surface area contributed by atoms with E-state index in [4.69, 9.17) is 5.73 Å². The molecule has 0 aliphatic carbocycles. The minimum Gasteiger partial charge on any atom is -0.326 e. The van der Waals surface area contributed by atoms with Gasteiger partial charge in [0.1, 0.15) is 5.82 Å². The van der Waals surface area contributed by atoms with E-state index >= 15 is 0 Å². The van der Waals surface area contributed by atoms with Gasteiger partial charge in [-0.3, -0.25) is 0 Å². The number of halogens is 1. The van der Waals surface area contributed by atoms with E-state index in [-0.39, 0.29) is 10.6 Å². The zero-order valence-corrected chi connectivity index (χ0v) is 10.3. The largest absolute Gasteiger partial charge is 0.326 e. The quantitative estimate of drug-likeness (QED) is 0.857. The van der Waals surface area contributed by atoms with Crippen molar-refractivity contribution >= 4 is 11.8 Å². The van der Waals surface area contributed by atoms with Crippen LogP contribution in [0.25, 0.3) is 0 Å². The Morgan fingerprint density at radius 2 is 1.93 bits per heavy atom. The van der Waals surface area contributed by atoms with Crippen molar-refractivity contribution in [3.05, 3.63) is 35.1 Å². The van der Waals surface area contributed by atoms with Crippen molar-refractivity contribution in [3.8, 4) is 0 Å². The first-order valence-electron chi connectivity index (χ1n) is 5.04. The molecule has 0 aliphatic rings. The van der Waals surface area contributed by atoms with Crippen molar-refractivity contribution in [2.24, 2.45) is 5.73 Å². The molecule has 0 saturated carbocycles. The van der Waals surface area contributed by atoms with Crippen LogP contribution >= 0.6 is 11.8 Å². The molecule has 0 unspecified atom stereocenters. The van der Waals surface area contributed by atoms with E-state index in [0.717, 1.165) is 16.9 Å². The summed E-state index contributed by atoms with van der Waals surface area (Å²) in [4.78, 5) is 0. The highest BCUT2D eigenvalue weighted by Crippen LogP contribution is 2.28. The first-order chi connectivity index (χ1) is 6.92. The maximum Gasteiger partial charge on any atom is 0.123 e. The summed E-state index contributed by atoms with van der Waals surface area (Å²) in [6.45, 7) is 6.91. The summed E-state index contributed by atoms with van der Waals surface area (Å²) in [7, 11) is 0. The maximum absolute atomic E-state index is 12.9. The third-order valence-corrected chi connectivity index (χ3v) is 3.37. The van der Waals surface area contributed by atoms with Gasteiger partial charge in [0, 0.05) is 17.0 Å². The Morgan fingerprint density at radius 1 is 1.27 bits per heavy atom. The lowest BCUT2D eigenvalue weighted by Crippen LogP contribution is -2.09. The van der Waals surface area contributed by atoms with E-state index in [1.807, 2.05) is 17.8 Å². The van der Waals surface area contributed by atoms with Crippen molar-refractivity contribution in [1.82, 2.24) is 0 Å². The average molecular weight is 227 g/mol. The Morgan fingerprint density at radius 3 is 2.47 bits per heavy atom. The van der Waals surface area contributed by atoms with Crippen LogP contribution in [0.15, 0.2) is 18.2 Å². The molecule has 0 amide bonds. The van der Waals surface area contributed by atoms with E-state index in [9.17, 15) is 4.39 Å². The lowest BCUT2D eigenvalue weighted by Gasteiger charge is -2.18. The van der Waals surface area contributed by atoms with E-state index in [1.165, 1.54) is 12.1 Å². The van der Waals surface area contributed by atoms with Crippen molar-refractivity contribution < 1.29 is 4.39 Å². The fourth-order valence-corrected chi connectivity index (χ4v) is 2.09. The second-order valence-electron chi connectivity index (χ2n) is 4.52. The number of hydrogen-bond acceptors (Lipinski definition) is 2. The van der Waals surface area contributed by atoms with Gasteiger partial charge in [-0.2, -0.15) is 11.8 Å². The summed E-state index contributed by atoms with van der Waals surface area (Å²) in [5.41, 5.74) is 7.63. The molecule has 1 aromatic rings. The first kappa shape index (κ1) is 12.5. The van der Waals surface area contributed by atoms with Crippen LogP contribution in [0.2, 0.25) is 0 Å². The van der Waals surface area contributed by atoms with Crippen molar-refractivity contribution in [1.29, 1.82) is 0 Å². The topological polar surface area (TPSA) is 26.0 Å². The van der Waals surface area contributed by atoms with Gasteiger partial charge in [0.15, 0.2) is 0 Å². The Kier molecular flexibility index (Phi) is 4.17. The predicted molar refractivity (Wildman–Crippen MR) is 65.3 cm³/mol. The normalized spacial score (nSPS) is 11.8. The molecule has 0 spiro atoms. The molecule has 0 aliphatic heterocycles. The van der Waals surface area contributed by atoms with Crippen LogP contribution in [-0.4, -0.2) is 4.75 Å². The Balaban J connectivity index is 2.76. The summed E-state index contributed by atoms with van der Waals surface area (Å²) in [6.07, 6.45) is 0. The van der Waals surface area contributed by atoms with Crippen LogP contribution in [0.1, 0.15) is 31.9 Å². The Hall–Kier alpha value is -0.540. The van der Waals surface area contributed by atoms with Crippen LogP contribution in [0.3, 0.4) is 0 Å². The van der Waals surface area contributed by atoms with Crippen LogP contribution in [-0.2, 0) is 12.3 Å².